The number of hydrogen-bond donors (Lipinski definition) is 5. The van der Waals surface area contributed by atoms with E-state index in [0.717, 1.165) is 11.9 Å². The van der Waals surface area contributed by atoms with E-state index in [1.54, 1.807) is 18.2 Å². The van der Waals surface area contributed by atoms with Gasteiger partial charge in [-0.05, 0) is 51.0 Å². The van der Waals surface area contributed by atoms with Gasteiger partial charge in [0.25, 0.3) is 0 Å². The number of H-pyrrole nitrogens is 1. The van der Waals surface area contributed by atoms with Gasteiger partial charge in [0.15, 0.2) is 0 Å². The molecule has 9 heteroatoms. The fourth-order valence-corrected chi connectivity index (χ4v) is 3.39. The van der Waals surface area contributed by atoms with Crippen molar-refractivity contribution in [3.63, 3.8) is 0 Å². The zero-order chi connectivity index (χ0) is 25.3. The van der Waals surface area contributed by atoms with Gasteiger partial charge in [0.2, 0.25) is 0 Å². The summed E-state index contributed by atoms with van der Waals surface area (Å²) in [6.07, 6.45) is 0.170. The standard InChI is InChI=1S/C23H27N3O2.C2H2O4/c1-16-20(19-9-5-6-10-21(19)26-16)12-23(2,3)25-14-18(27)15-28-22-11-7-4-8-17(22)13-24;3-1(4)2(5)6/h4-11,18,25-27H,12,14-15H2,1-3H3;(H,3,4)(H,5,6). The number of aliphatic carboxylic acids is 2. The lowest BCUT2D eigenvalue weighted by molar-refractivity contribution is -0.159. The highest BCUT2D eigenvalue weighted by Crippen LogP contribution is 2.26. The Morgan fingerprint density at radius 3 is 2.38 bits per heavy atom. The van der Waals surface area contributed by atoms with Crippen molar-refractivity contribution < 1.29 is 29.6 Å². The van der Waals surface area contributed by atoms with E-state index >= 15 is 0 Å². The number of aliphatic hydroxyl groups excluding tert-OH is 1. The van der Waals surface area contributed by atoms with Crippen LogP contribution in [0.3, 0.4) is 0 Å². The number of hydrogen-bond acceptors (Lipinski definition) is 6. The molecular weight excluding hydrogens is 438 g/mol. The third kappa shape index (κ3) is 7.62. The lowest BCUT2D eigenvalue weighted by Crippen LogP contribution is -2.46. The molecule has 0 amide bonds. The van der Waals surface area contributed by atoms with Crippen molar-refractivity contribution in [3.05, 3.63) is 65.4 Å². The number of nitriles is 1. The van der Waals surface area contributed by atoms with Gasteiger partial charge in [0, 0.05) is 28.7 Å². The molecule has 0 spiro atoms. The molecule has 5 N–H and O–H groups in total. The van der Waals surface area contributed by atoms with Crippen molar-refractivity contribution in [2.75, 3.05) is 13.2 Å². The third-order valence-electron chi connectivity index (χ3n) is 5.08. The van der Waals surface area contributed by atoms with Crippen LogP contribution in [0.4, 0.5) is 0 Å². The van der Waals surface area contributed by atoms with Crippen LogP contribution in [-0.4, -0.2) is 57.0 Å². The van der Waals surface area contributed by atoms with Gasteiger partial charge in [-0.1, -0.05) is 30.3 Å². The monoisotopic (exact) mass is 467 g/mol. The number of carboxylic acids is 2. The molecule has 0 aliphatic carbocycles. The Kier molecular flexibility index (Phi) is 9.18. The van der Waals surface area contributed by atoms with Crippen LogP contribution in [0.5, 0.6) is 5.75 Å². The third-order valence-corrected chi connectivity index (χ3v) is 5.08. The second kappa shape index (κ2) is 11.8. The molecule has 0 radical (unpaired) electrons. The summed E-state index contributed by atoms with van der Waals surface area (Å²) in [5.74, 6) is -3.15. The molecule has 0 bridgehead atoms. The highest BCUT2D eigenvalue weighted by molar-refractivity contribution is 6.27. The Bertz CT molecular complexity index is 1170. The average Bonchev–Trinajstić information content (AvgIpc) is 3.11. The molecular formula is C25H29N3O6. The number of aryl methyl sites for hydroxylation is 1. The van der Waals surface area contributed by atoms with Crippen LogP contribution < -0.4 is 10.1 Å². The summed E-state index contributed by atoms with van der Waals surface area (Å²) in [7, 11) is 0. The van der Waals surface area contributed by atoms with Gasteiger partial charge in [0.1, 0.15) is 24.5 Å². The first kappa shape index (κ1) is 26.4. The molecule has 2 aromatic carbocycles. The zero-order valence-corrected chi connectivity index (χ0v) is 19.3. The first-order valence-electron chi connectivity index (χ1n) is 10.6. The number of para-hydroxylation sites is 2. The molecule has 1 aromatic heterocycles. The second-order valence-corrected chi connectivity index (χ2v) is 8.40. The van der Waals surface area contributed by atoms with Crippen LogP contribution in [0.15, 0.2) is 48.5 Å². The number of β-amino-alcohol motifs (C(OH)–C–C–N with tert-alkyl or cyclic N) is 1. The van der Waals surface area contributed by atoms with Gasteiger partial charge in [-0.3, -0.25) is 0 Å². The largest absolute Gasteiger partial charge is 0.489 e. The zero-order valence-electron chi connectivity index (χ0n) is 19.3. The van der Waals surface area contributed by atoms with Crippen molar-refractivity contribution in [2.24, 2.45) is 0 Å². The number of ether oxygens (including phenoxy) is 1. The van der Waals surface area contributed by atoms with Gasteiger partial charge in [-0.15, -0.1) is 0 Å². The number of nitrogens with zero attached hydrogens (tertiary/aromatic N) is 1. The van der Waals surface area contributed by atoms with E-state index in [1.807, 2.05) is 12.1 Å². The van der Waals surface area contributed by atoms with Gasteiger partial charge in [0.05, 0.1) is 5.56 Å². The minimum absolute atomic E-state index is 0.133. The van der Waals surface area contributed by atoms with Crippen LogP contribution >= 0.6 is 0 Å². The first-order valence-corrected chi connectivity index (χ1v) is 10.6. The van der Waals surface area contributed by atoms with Crippen LogP contribution in [-0.2, 0) is 16.0 Å². The van der Waals surface area contributed by atoms with Crippen LogP contribution in [0.1, 0.15) is 30.7 Å². The summed E-state index contributed by atoms with van der Waals surface area (Å²) >= 11 is 0. The molecule has 0 saturated heterocycles. The molecule has 9 nitrogen and oxygen atoms in total. The molecule has 3 aromatic rings. The highest BCUT2D eigenvalue weighted by atomic mass is 16.5. The van der Waals surface area contributed by atoms with Crippen molar-refractivity contribution in [1.29, 1.82) is 5.26 Å². The number of fused-ring (bicyclic) bond motifs is 1. The van der Waals surface area contributed by atoms with Gasteiger partial charge in [-0.25, -0.2) is 9.59 Å². The Labute approximate surface area is 197 Å². The molecule has 1 heterocycles. The van der Waals surface area contributed by atoms with Crippen LogP contribution in [0.25, 0.3) is 10.9 Å². The summed E-state index contributed by atoms with van der Waals surface area (Å²) in [6.45, 7) is 6.90. The number of aliphatic hydroxyl groups is 1. The van der Waals surface area contributed by atoms with Crippen molar-refractivity contribution in [2.45, 2.75) is 38.8 Å². The van der Waals surface area contributed by atoms with Gasteiger partial charge in [-0.2, -0.15) is 5.26 Å². The van der Waals surface area contributed by atoms with Gasteiger partial charge < -0.3 is 30.4 Å². The summed E-state index contributed by atoms with van der Waals surface area (Å²) in [6, 6.07) is 17.5. The number of aromatic nitrogens is 1. The number of benzene rings is 2. The average molecular weight is 468 g/mol. The lowest BCUT2D eigenvalue weighted by atomic mass is 9.93. The molecule has 34 heavy (non-hydrogen) atoms. The molecule has 0 fully saturated rings. The summed E-state index contributed by atoms with van der Waals surface area (Å²) in [5.41, 5.74) is 3.89. The Morgan fingerprint density at radius 2 is 1.74 bits per heavy atom. The second-order valence-electron chi connectivity index (χ2n) is 8.40. The van der Waals surface area contributed by atoms with Crippen molar-refractivity contribution in [3.8, 4) is 11.8 Å². The normalized spacial score (nSPS) is 11.7. The van der Waals surface area contributed by atoms with E-state index in [1.165, 1.54) is 16.6 Å². The Morgan fingerprint density at radius 1 is 1.12 bits per heavy atom. The van der Waals surface area contributed by atoms with Crippen molar-refractivity contribution >= 4 is 22.8 Å². The molecule has 1 unspecified atom stereocenters. The maximum atomic E-state index is 10.3. The van der Waals surface area contributed by atoms with E-state index in [9.17, 15) is 5.11 Å². The highest BCUT2D eigenvalue weighted by Gasteiger charge is 2.22. The van der Waals surface area contributed by atoms with E-state index in [4.69, 9.17) is 29.8 Å². The number of carbonyl (C=O) groups is 2. The maximum absolute atomic E-state index is 10.3. The van der Waals surface area contributed by atoms with Gasteiger partial charge >= 0.3 is 11.9 Å². The SMILES string of the molecule is Cc1[nH]c2ccccc2c1CC(C)(C)NCC(O)COc1ccccc1C#N.O=C(O)C(=O)O. The van der Waals surface area contributed by atoms with Crippen LogP contribution in [0.2, 0.25) is 0 Å². The topological polar surface area (TPSA) is 156 Å². The lowest BCUT2D eigenvalue weighted by Gasteiger charge is -2.28. The first-order chi connectivity index (χ1) is 16.0. The van der Waals surface area contributed by atoms with E-state index in [2.05, 4.69) is 55.3 Å². The molecule has 1 atom stereocenters. The van der Waals surface area contributed by atoms with Crippen molar-refractivity contribution in [1.82, 2.24) is 10.3 Å². The molecule has 180 valence electrons. The number of rotatable bonds is 8. The smallest absolute Gasteiger partial charge is 0.414 e. The minimum Gasteiger partial charge on any atom is -0.489 e. The fourth-order valence-electron chi connectivity index (χ4n) is 3.39. The molecule has 0 saturated carbocycles. The van der Waals surface area contributed by atoms with E-state index < -0.39 is 18.0 Å². The predicted octanol–water partition coefficient (Wildman–Crippen LogP) is 2.85. The summed E-state index contributed by atoms with van der Waals surface area (Å²) in [5, 5.41) is 38.9. The quantitative estimate of drug-likeness (QED) is 0.317. The molecule has 0 aliphatic heterocycles. The predicted molar refractivity (Wildman–Crippen MR) is 127 cm³/mol. The fraction of sp³-hybridized carbons (Fsp3) is 0.320. The summed E-state index contributed by atoms with van der Waals surface area (Å²) < 4.78 is 5.62. The number of aromatic amines is 1. The Balaban J connectivity index is 0.000000604. The maximum Gasteiger partial charge on any atom is 0.414 e. The van der Waals surface area contributed by atoms with E-state index in [-0.39, 0.29) is 12.1 Å². The molecule has 0 aliphatic rings. The number of nitrogens with one attached hydrogen (secondary N) is 2. The van der Waals surface area contributed by atoms with E-state index in [0.29, 0.717) is 17.9 Å². The number of carboxylic acid groups (broad SMARTS) is 2. The van der Waals surface area contributed by atoms with Crippen LogP contribution in [0, 0.1) is 18.3 Å². The molecule has 3 rings (SSSR count). The Hall–Kier alpha value is -3.87. The minimum atomic E-state index is -1.82. The summed E-state index contributed by atoms with van der Waals surface area (Å²) in [4.78, 5) is 21.6.